The molecule has 4 nitrogen and oxygen atoms in total. The van der Waals surface area contributed by atoms with E-state index in [2.05, 4.69) is 4.98 Å². The molecule has 14 heavy (non-hydrogen) atoms. The lowest BCUT2D eigenvalue weighted by molar-refractivity contribution is -0.383. The third-order valence-electron chi connectivity index (χ3n) is 2.03. The first-order valence-corrected chi connectivity index (χ1v) is 4.57. The lowest BCUT2D eigenvalue weighted by Crippen LogP contribution is -1.88. The van der Waals surface area contributed by atoms with Crippen molar-refractivity contribution in [2.24, 2.45) is 0 Å². The highest BCUT2D eigenvalue weighted by Gasteiger charge is 2.12. The number of hydrogen-bond acceptors (Lipinski definition) is 2. The zero-order chi connectivity index (χ0) is 10.1. The first kappa shape index (κ1) is 9.02. The largest absolute Gasteiger partial charge is 0.352 e. The first-order chi connectivity index (χ1) is 6.72. The van der Waals surface area contributed by atoms with Crippen molar-refractivity contribution in [1.82, 2.24) is 4.98 Å². The predicted molar refractivity (Wildman–Crippen MR) is 54.5 cm³/mol. The van der Waals surface area contributed by atoms with Crippen molar-refractivity contribution in [2.45, 2.75) is 5.88 Å². The van der Waals surface area contributed by atoms with Gasteiger partial charge in [-0.15, -0.1) is 11.6 Å². The van der Waals surface area contributed by atoms with Gasteiger partial charge >= 0.3 is 0 Å². The number of halogens is 1. The molecule has 0 atom stereocenters. The molecular formula is C9H7ClN2O2. The molecule has 2 rings (SSSR count). The second kappa shape index (κ2) is 3.31. The van der Waals surface area contributed by atoms with Gasteiger partial charge < -0.3 is 4.98 Å². The number of alkyl halides is 1. The highest BCUT2D eigenvalue weighted by atomic mass is 35.5. The Morgan fingerprint density at radius 3 is 2.93 bits per heavy atom. The van der Waals surface area contributed by atoms with Crippen LogP contribution in [0.2, 0.25) is 0 Å². The van der Waals surface area contributed by atoms with Crippen molar-refractivity contribution < 1.29 is 4.92 Å². The van der Waals surface area contributed by atoms with E-state index in [0.29, 0.717) is 11.4 Å². The lowest BCUT2D eigenvalue weighted by Gasteiger charge is -1.92. The van der Waals surface area contributed by atoms with E-state index >= 15 is 0 Å². The standard InChI is InChI=1S/C9H7ClN2O2/c10-5-7-4-6-2-1-3-8(12(13)14)9(6)11-7/h1-4,11H,5H2. The Hall–Kier alpha value is -1.55. The minimum absolute atomic E-state index is 0.0823. The van der Waals surface area contributed by atoms with Gasteiger partial charge in [-0.25, -0.2) is 0 Å². The summed E-state index contributed by atoms with van der Waals surface area (Å²) in [7, 11) is 0. The van der Waals surface area contributed by atoms with Crippen LogP contribution in [0.1, 0.15) is 5.69 Å². The van der Waals surface area contributed by atoms with Crippen LogP contribution >= 0.6 is 11.6 Å². The molecule has 0 aliphatic heterocycles. The second-order valence-corrected chi connectivity index (χ2v) is 3.19. The molecule has 72 valence electrons. The maximum Gasteiger partial charge on any atom is 0.293 e. The molecule has 0 saturated carbocycles. The van der Waals surface area contributed by atoms with E-state index in [4.69, 9.17) is 11.6 Å². The fraction of sp³-hybridized carbons (Fsp3) is 0.111. The lowest BCUT2D eigenvalue weighted by atomic mass is 10.2. The SMILES string of the molecule is O=[N+]([O-])c1cccc2cc(CCl)[nH]c12. The van der Waals surface area contributed by atoms with Crippen LogP contribution in [-0.2, 0) is 5.88 Å². The molecule has 1 aromatic heterocycles. The highest BCUT2D eigenvalue weighted by Crippen LogP contribution is 2.25. The molecule has 1 heterocycles. The number of aromatic nitrogens is 1. The Balaban J connectivity index is 2.73. The fourth-order valence-corrected chi connectivity index (χ4v) is 1.57. The van der Waals surface area contributed by atoms with Crippen LogP contribution in [0.4, 0.5) is 5.69 Å². The second-order valence-electron chi connectivity index (χ2n) is 2.93. The molecule has 0 unspecified atom stereocenters. The van der Waals surface area contributed by atoms with Gasteiger partial charge in [0, 0.05) is 17.1 Å². The smallest absolute Gasteiger partial charge is 0.293 e. The van der Waals surface area contributed by atoms with Gasteiger partial charge in [0.2, 0.25) is 0 Å². The van der Waals surface area contributed by atoms with Crippen LogP contribution in [0.25, 0.3) is 10.9 Å². The van der Waals surface area contributed by atoms with E-state index in [0.717, 1.165) is 11.1 Å². The number of hydrogen-bond donors (Lipinski definition) is 1. The van der Waals surface area contributed by atoms with Crippen LogP contribution < -0.4 is 0 Å². The number of fused-ring (bicyclic) bond motifs is 1. The normalized spacial score (nSPS) is 10.6. The van der Waals surface area contributed by atoms with Crippen LogP contribution in [0.5, 0.6) is 0 Å². The zero-order valence-corrected chi connectivity index (χ0v) is 7.91. The maximum absolute atomic E-state index is 10.7. The Kier molecular flexibility index (Phi) is 2.13. The zero-order valence-electron chi connectivity index (χ0n) is 7.16. The molecule has 0 aliphatic rings. The third-order valence-corrected chi connectivity index (χ3v) is 2.32. The molecule has 5 heteroatoms. The number of nitrogens with zero attached hydrogens (tertiary/aromatic N) is 1. The summed E-state index contributed by atoms with van der Waals surface area (Å²) in [6, 6.07) is 6.76. The van der Waals surface area contributed by atoms with E-state index in [9.17, 15) is 10.1 Å². The van der Waals surface area contributed by atoms with Crippen LogP contribution in [-0.4, -0.2) is 9.91 Å². The molecule has 0 saturated heterocycles. The predicted octanol–water partition coefficient (Wildman–Crippen LogP) is 2.81. The van der Waals surface area contributed by atoms with Crippen molar-refractivity contribution in [3.63, 3.8) is 0 Å². The number of nitrogens with one attached hydrogen (secondary N) is 1. The van der Waals surface area contributed by atoms with E-state index in [1.54, 1.807) is 6.07 Å². The van der Waals surface area contributed by atoms with Gasteiger partial charge in [0.15, 0.2) is 0 Å². The molecule has 1 N–H and O–H groups in total. The third kappa shape index (κ3) is 1.33. The average molecular weight is 211 g/mol. The van der Waals surface area contributed by atoms with Gasteiger partial charge in [-0.2, -0.15) is 0 Å². The summed E-state index contributed by atoms with van der Waals surface area (Å²) in [4.78, 5) is 13.2. The van der Waals surface area contributed by atoms with Crippen molar-refractivity contribution in [3.05, 3.63) is 40.1 Å². The number of nitro groups is 1. The number of benzene rings is 1. The summed E-state index contributed by atoms with van der Waals surface area (Å²) in [5.74, 6) is 0.325. The quantitative estimate of drug-likeness (QED) is 0.471. The topological polar surface area (TPSA) is 58.9 Å². The van der Waals surface area contributed by atoms with Gasteiger partial charge in [0.25, 0.3) is 5.69 Å². The fourth-order valence-electron chi connectivity index (χ4n) is 1.42. The monoisotopic (exact) mass is 210 g/mol. The number of nitro benzene ring substituents is 1. The Morgan fingerprint density at radius 2 is 2.29 bits per heavy atom. The Morgan fingerprint density at radius 1 is 1.50 bits per heavy atom. The number of aromatic amines is 1. The van der Waals surface area contributed by atoms with E-state index < -0.39 is 4.92 Å². The number of non-ortho nitro benzene ring substituents is 1. The maximum atomic E-state index is 10.7. The molecule has 0 fully saturated rings. The van der Waals surface area contributed by atoms with Crippen LogP contribution in [0.15, 0.2) is 24.3 Å². The number of H-pyrrole nitrogens is 1. The number of rotatable bonds is 2. The molecule has 0 aliphatic carbocycles. The summed E-state index contributed by atoms with van der Waals surface area (Å²) >= 11 is 5.63. The average Bonchev–Trinajstić information content (AvgIpc) is 2.59. The minimum atomic E-state index is -0.406. The summed E-state index contributed by atoms with van der Waals surface area (Å²) in [6.07, 6.45) is 0. The van der Waals surface area contributed by atoms with Crippen LogP contribution in [0.3, 0.4) is 0 Å². The molecule has 1 aromatic carbocycles. The Labute approximate surface area is 84.6 Å². The summed E-state index contributed by atoms with van der Waals surface area (Å²) < 4.78 is 0. The van der Waals surface area contributed by atoms with Crippen molar-refractivity contribution in [2.75, 3.05) is 0 Å². The van der Waals surface area contributed by atoms with Gasteiger partial charge in [0.1, 0.15) is 5.52 Å². The summed E-state index contributed by atoms with van der Waals surface area (Å²) in [6.45, 7) is 0. The first-order valence-electron chi connectivity index (χ1n) is 4.03. The van der Waals surface area contributed by atoms with Crippen molar-refractivity contribution >= 4 is 28.2 Å². The molecular weight excluding hydrogens is 204 g/mol. The highest BCUT2D eigenvalue weighted by molar-refractivity contribution is 6.17. The van der Waals surface area contributed by atoms with Crippen LogP contribution in [0, 0.1) is 10.1 Å². The Bertz CT molecular complexity index is 493. The van der Waals surface area contributed by atoms with Gasteiger partial charge in [0.05, 0.1) is 10.8 Å². The molecule has 0 spiro atoms. The van der Waals surface area contributed by atoms with Gasteiger partial charge in [-0.3, -0.25) is 10.1 Å². The van der Waals surface area contributed by atoms with E-state index in [1.165, 1.54) is 6.07 Å². The number of para-hydroxylation sites is 1. The van der Waals surface area contributed by atoms with E-state index in [-0.39, 0.29) is 5.69 Å². The van der Waals surface area contributed by atoms with Crippen molar-refractivity contribution in [3.8, 4) is 0 Å². The molecule has 0 radical (unpaired) electrons. The van der Waals surface area contributed by atoms with Crippen molar-refractivity contribution in [1.29, 1.82) is 0 Å². The molecule has 0 bridgehead atoms. The van der Waals surface area contributed by atoms with E-state index in [1.807, 2.05) is 12.1 Å². The minimum Gasteiger partial charge on any atom is -0.352 e. The molecule has 2 aromatic rings. The molecule has 0 amide bonds. The van der Waals surface area contributed by atoms with Gasteiger partial charge in [-0.1, -0.05) is 12.1 Å². The van der Waals surface area contributed by atoms with Gasteiger partial charge in [-0.05, 0) is 6.07 Å². The summed E-state index contributed by atoms with van der Waals surface area (Å²) in [5.41, 5.74) is 1.41. The summed E-state index contributed by atoms with van der Waals surface area (Å²) in [5, 5.41) is 11.5.